The second-order valence-corrected chi connectivity index (χ2v) is 15.9. The Bertz CT molecular complexity index is 1470. The Kier molecular flexibility index (Phi) is 15.0. The van der Waals surface area contributed by atoms with Crippen molar-refractivity contribution < 1.29 is 33.1 Å². The van der Waals surface area contributed by atoms with Crippen molar-refractivity contribution in [3.63, 3.8) is 0 Å². The summed E-state index contributed by atoms with van der Waals surface area (Å²) in [6.07, 6.45) is 2.34. The van der Waals surface area contributed by atoms with Gasteiger partial charge in [0.1, 0.15) is 30.2 Å². The van der Waals surface area contributed by atoms with Crippen molar-refractivity contribution in [1.82, 2.24) is 20.4 Å². The van der Waals surface area contributed by atoms with Crippen LogP contribution in [0.15, 0.2) is 60.7 Å². The van der Waals surface area contributed by atoms with Gasteiger partial charge in [-0.1, -0.05) is 62.4 Å². The molecule has 1 saturated heterocycles. The van der Waals surface area contributed by atoms with Crippen molar-refractivity contribution in [3.8, 4) is 0 Å². The first-order chi connectivity index (χ1) is 23.2. The second-order valence-electron chi connectivity index (χ2n) is 13.0. The molecule has 3 rings (SSSR count). The van der Waals surface area contributed by atoms with Gasteiger partial charge >= 0.3 is 0 Å². The predicted molar refractivity (Wildman–Crippen MR) is 190 cm³/mol. The summed E-state index contributed by atoms with van der Waals surface area (Å²) in [5.74, 6) is -3.09. The number of carbonyl (C=O) groups excluding carboxylic acids is 5. The summed E-state index contributed by atoms with van der Waals surface area (Å²) >= 11 is 0. The van der Waals surface area contributed by atoms with E-state index in [2.05, 4.69) is 16.0 Å². The molecule has 12 nitrogen and oxygen atoms in total. The number of para-hydroxylation sites is 1. The van der Waals surface area contributed by atoms with Crippen LogP contribution in [-0.4, -0.2) is 83.2 Å². The zero-order valence-corrected chi connectivity index (χ0v) is 30.4. The standard InChI is InChI=1S/C36H52N5O7P/c1-25(2)23-32(36(46)39-30-18-11-8-12-19-30)41(33(43)21-13-17-29-15-9-7-10-16-29)24-49(47,48-6)27(4)38-34(44)26(3)37-35(45)31-20-14-22-40(31)28(5)42/h7-12,15-16,18-19,25-27,31-32H,13-14,17,20-24H2,1-6H3,(H,37,45)(H,38,44)(H,39,46)/t26-,27?,31-,32-,49?/m0/s1. The maximum atomic E-state index is 14.5. The number of anilines is 1. The highest BCUT2D eigenvalue weighted by atomic mass is 31.2. The van der Waals surface area contributed by atoms with Crippen molar-refractivity contribution >= 4 is 42.6 Å². The third kappa shape index (κ3) is 11.5. The molecule has 1 aliphatic heterocycles. The monoisotopic (exact) mass is 697 g/mol. The number of rotatable bonds is 17. The van der Waals surface area contributed by atoms with E-state index in [9.17, 15) is 28.5 Å². The first-order valence-corrected chi connectivity index (χ1v) is 18.8. The molecular formula is C36H52N5O7P. The number of benzene rings is 2. The van der Waals surface area contributed by atoms with E-state index >= 15 is 0 Å². The molecule has 3 N–H and O–H groups in total. The lowest BCUT2D eigenvalue weighted by Crippen LogP contribution is -2.53. The molecule has 268 valence electrons. The molecule has 5 amide bonds. The minimum atomic E-state index is -3.85. The van der Waals surface area contributed by atoms with E-state index in [0.29, 0.717) is 44.3 Å². The molecule has 0 saturated carbocycles. The van der Waals surface area contributed by atoms with Crippen molar-refractivity contribution in [2.45, 2.75) is 97.1 Å². The maximum absolute atomic E-state index is 14.5. The highest BCUT2D eigenvalue weighted by Crippen LogP contribution is 2.51. The maximum Gasteiger partial charge on any atom is 0.247 e. The number of hydrogen-bond acceptors (Lipinski definition) is 7. The lowest BCUT2D eigenvalue weighted by Gasteiger charge is -2.36. The van der Waals surface area contributed by atoms with E-state index in [1.54, 1.807) is 24.3 Å². The van der Waals surface area contributed by atoms with Crippen LogP contribution < -0.4 is 16.0 Å². The fourth-order valence-corrected chi connectivity index (χ4v) is 7.70. The molecule has 0 radical (unpaired) electrons. The molecule has 0 aliphatic carbocycles. The Morgan fingerprint density at radius 3 is 2.16 bits per heavy atom. The molecule has 0 spiro atoms. The fraction of sp³-hybridized carbons (Fsp3) is 0.528. The lowest BCUT2D eigenvalue weighted by atomic mass is 10.0. The summed E-state index contributed by atoms with van der Waals surface area (Å²) in [5, 5.41) is 8.26. The third-order valence-corrected chi connectivity index (χ3v) is 11.4. The molecule has 1 aliphatic rings. The van der Waals surface area contributed by atoms with Gasteiger partial charge in [0, 0.05) is 32.7 Å². The smallest absolute Gasteiger partial charge is 0.247 e. The molecule has 2 aromatic carbocycles. The van der Waals surface area contributed by atoms with E-state index < -0.39 is 55.3 Å². The summed E-state index contributed by atoms with van der Waals surface area (Å²) in [6, 6.07) is 16.0. The second kappa shape index (κ2) is 18.7. The van der Waals surface area contributed by atoms with Gasteiger partial charge in [-0.2, -0.15) is 0 Å². The normalized spacial score (nSPS) is 17.4. The van der Waals surface area contributed by atoms with Crippen LogP contribution >= 0.6 is 7.37 Å². The molecule has 49 heavy (non-hydrogen) atoms. The first-order valence-electron chi connectivity index (χ1n) is 17.0. The molecule has 2 unspecified atom stereocenters. The Morgan fingerprint density at radius 2 is 1.57 bits per heavy atom. The summed E-state index contributed by atoms with van der Waals surface area (Å²) in [7, 11) is -2.60. The SMILES string of the molecule is COP(=O)(CN(C(=O)CCCc1ccccc1)[C@@H](CC(C)C)C(=O)Nc1ccccc1)C(C)NC(=O)[C@H](C)NC(=O)[C@@H]1CCCN1C(C)=O. The highest BCUT2D eigenvalue weighted by molar-refractivity contribution is 7.59. The van der Waals surface area contributed by atoms with Crippen molar-refractivity contribution in [2.75, 3.05) is 25.3 Å². The largest absolute Gasteiger partial charge is 0.343 e. The topological polar surface area (TPSA) is 154 Å². The fourth-order valence-electron chi connectivity index (χ4n) is 5.92. The van der Waals surface area contributed by atoms with Gasteiger partial charge in [0.05, 0.1) is 0 Å². The highest BCUT2D eigenvalue weighted by Gasteiger charge is 2.40. The van der Waals surface area contributed by atoms with Crippen LogP contribution in [-0.2, 0) is 39.5 Å². The summed E-state index contributed by atoms with van der Waals surface area (Å²) in [6.45, 7) is 8.78. The average molecular weight is 698 g/mol. The number of amides is 5. The number of carbonyl (C=O) groups is 5. The minimum absolute atomic E-state index is 0.00783. The summed E-state index contributed by atoms with van der Waals surface area (Å²) in [4.78, 5) is 68.7. The molecule has 5 atom stereocenters. The molecule has 0 bridgehead atoms. The van der Waals surface area contributed by atoms with Crippen LogP contribution in [0.1, 0.15) is 72.3 Å². The van der Waals surface area contributed by atoms with Crippen LogP contribution in [0.2, 0.25) is 0 Å². The Balaban J connectivity index is 1.81. The van der Waals surface area contributed by atoms with E-state index in [1.807, 2.05) is 50.2 Å². The Morgan fingerprint density at radius 1 is 0.939 bits per heavy atom. The minimum Gasteiger partial charge on any atom is -0.343 e. The van der Waals surface area contributed by atoms with Crippen molar-refractivity contribution in [2.24, 2.45) is 5.92 Å². The quantitative estimate of drug-likeness (QED) is 0.202. The summed E-state index contributed by atoms with van der Waals surface area (Å²) < 4.78 is 20.1. The molecule has 1 heterocycles. The van der Waals surface area contributed by atoms with Crippen LogP contribution in [0.25, 0.3) is 0 Å². The zero-order chi connectivity index (χ0) is 36.1. The zero-order valence-electron chi connectivity index (χ0n) is 29.5. The van der Waals surface area contributed by atoms with Gasteiger partial charge in [-0.05, 0) is 69.6 Å². The summed E-state index contributed by atoms with van der Waals surface area (Å²) in [5.41, 5.74) is 1.64. The molecule has 13 heteroatoms. The van der Waals surface area contributed by atoms with Crippen LogP contribution in [0.4, 0.5) is 5.69 Å². The number of nitrogens with zero attached hydrogens (tertiary/aromatic N) is 2. The molecule has 2 aromatic rings. The van der Waals surface area contributed by atoms with Gasteiger partial charge in [-0.15, -0.1) is 0 Å². The molecule has 1 fully saturated rings. The van der Waals surface area contributed by atoms with Gasteiger partial charge in [-0.25, -0.2) is 0 Å². The van der Waals surface area contributed by atoms with E-state index in [-0.39, 0.29) is 24.2 Å². The van der Waals surface area contributed by atoms with Gasteiger partial charge in [0.25, 0.3) is 0 Å². The molecule has 0 aromatic heterocycles. The number of hydrogen-bond donors (Lipinski definition) is 3. The van der Waals surface area contributed by atoms with Gasteiger partial charge in [0.2, 0.25) is 36.9 Å². The van der Waals surface area contributed by atoms with Crippen LogP contribution in [0, 0.1) is 5.92 Å². The van der Waals surface area contributed by atoms with Crippen molar-refractivity contribution in [3.05, 3.63) is 66.2 Å². The van der Waals surface area contributed by atoms with Gasteiger partial charge < -0.3 is 30.3 Å². The van der Waals surface area contributed by atoms with E-state index in [1.165, 1.54) is 37.7 Å². The number of nitrogens with one attached hydrogen (secondary N) is 3. The third-order valence-electron chi connectivity index (χ3n) is 8.75. The Labute approximate surface area is 290 Å². The van der Waals surface area contributed by atoms with E-state index in [4.69, 9.17) is 4.52 Å². The number of likely N-dealkylation sites (tertiary alicyclic amines) is 1. The first kappa shape index (κ1) is 39.4. The van der Waals surface area contributed by atoms with Crippen molar-refractivity contribution in [1.29, 1.82) is 0 Å². The predicted octanol–water partition coefficient (Wildman–Crippen LogP) is 4.75. The van der Waals surface area contributed by atoms with Crippen LogP contribution in [0.5, 0.6) is 0 Å². The Hall–Kier alpha value is -4.02. The van der Waals surface area contributed by atoms with Crippen LogP contribution in [0.3, 0.4) is 0 Å². The molecular weight excluding hydrogens is 645 g/mol. The van der Waals surface area contributed by atoms with Gasteiger partial charge in [-0.3, -0.25) is 28.5 Å². The van der Waals surface area contributed by atoms with E-state index in [0.717, 1.165) is 5.56 Å². The number of aryl methyl sites for hydroxylation is 1. The van der Waals surface area contributed by atoms with Gasteiger partial charge in [0.15, 0.2) is 0 Å². The average Bonchev–Trinajstić information content (AvgIpc) is 3.58. The lowest BCUT2D eigenvalue weighted by molar-refractivity contribution is -0.138.